The third kappa shape index (κ3) is 7.10. The molecule has 0 N–H and O–H groups in total. The van der Waals surface area contributed by atoms with Crippen molar-refractivity contribution in [3.8, 4) is 5.75 Å². The summed E-state index contributed by atoms with van der Waals surface area (Å²) < 4.78 is 9.33. The number of rotatable bonds is 8. The van der Waals surface area contributed by atoms with E-state index in [1.165, 1.54) is 26.4 Å². The molecule has 0 aliphatic heterocycles. The molecule has 0 saturated heterocycles. The van der Waals surface area contributed by atoms with Crippen LogP contribution in [0.5, 0.6) is 5.75 Å². The van der Waals surface area contributed by atoms with Gasteiger partial charge >= 0.3 is 0 Å². The van der Waals surface area contributed by atoms with Crippen molar-refractivity contribution in [2.24, 2.45) is 7.05 Å². The van der Waals surface area contributed by atoms with Crippen LogP contribution in [0.3, 0.4) is 0 Å². The Hall–Kier alpha value is -3.50. The van der Waals surface area contributed by atoms with Crippen LogP contribution in [0.4, 0.5) is 0 Å². The Morgan fingerprint density at radius 1 is 0.714 bits per heavy atom. The summed E-state index contributed by atoms with van der Waals surface area (Å²) in [4.78, 5) is 2.46. The van der Waals surface area contributed by atoms with Gasteiger partial charge in [-0.25, -0.2) is 0 Å². The maximum Gasteiger partial charge on any atom is 0.143 e. The van der Waals surface area contributed by atoms with E-state index in [0.717, 1.165) is 36.1 Å². The Kier molecular flexibility index (Phi) is 11.9. The zero-order valence-corrected chi connectivity index (χ0v) is 28.0. The molecule has 42 heavy (non-hydrogen) atoms. The standard InChI is InChI=1S/C34H38N2OS.2C2H6/c1-6-28-25-29(36(5)35-28)22-21-26-23-27-15-13-14-20-32(27)33(24-26)37-38(34(2,3)4,30-16-9-7-10-17-30)31-18-11-8-12-19-31;2*1-2/h7-20,23-25H,6,21-22H2,1-5H3;2*1-2H3. The van der Waals surface area contributed by atoms with Gasteiger partial charge in [-0.1, -0.05) is 101 Å². The van der Waals surface area contributed by atoms with Gasteiger partial charge in [-0.15, -0.1) is 0 Å². The molecule has 0 spiro atoms. The molecular weight excluding hydrogens is 532 g/mol. The van der Waals surface area contributed by atoms with Crippen LogP contribution in [0.15, 0.2) is 113 Å². The lowest BCUT2D eigenvalue weighted by Crippen LogP contribution is -2.30. The molecule has 1 aromatic heterocycles. The first-order valence-corrected chi connectivity index (χ1v) is 17.0. The first-order valence-electron chi connectivity index (χ1n) is 15.5. The van der Waals surface area contributed by atoms with E-state index in [4.69, 9.17) is 4.18 Å². The third-order valence-electron chi connectivity index (χ3n) is 7.17. The van der Waals surface area contributed by atoms with Crippen molar-refractivity contribution in [3.05, 3.63) is 120 Å². The highest BCUT2D eigenvalue weighted by molar-refractivity contribution is 8.31. The summed E-state index contributed by atoms with van der Waals surface area (Å²) in [5, 5.41) is 7.01. The molecule has 0 unspecified atom stereocenters. The highest BCUT2D eigenvalue weighted by atomic mass is 32.3. The van der Waals surface area contributed by atoms with Gasteiger partial charge in [0.25, 0.3) is 0 Å². The molecule has 0 radical (unpaired) electrons. The number of aryl methyl sites for hydroxylation is 4. The minimum Gasteiger partial charge on any atom is -0.439 e. The van der Waals surface area contributed by atoms with Crippen LogP contribution in [-0.4, -0.2) is 14.5 Å². The second kappa shape index (κ2) is 15.1. The molecule has 1 heterocycles. The number of fused-ring (bicyclic) bond motifs is 1. The first kappa shape index (κ1) is 33.0. The van der Waals surface area contributed by atoms with E-state index in [1.54, 1.807) is 0 Å². The van der Waals surface area contributed by atoms with Crippen molar-refractivity contribution < 1.29 is 4.18 Å². The molecule has 5 aromatic rings. The van der Waals surface area contributed by atoms with Crippen LogP contribution in [-0.2, 0) is 26.3 Å². The van der Waals surface area contributed by atoms with Crippen molar-refractivity contribution in [1.82, 2.24) is 9.78 Å². The zero-order chi connectivity index (χ0) is 30.8. The second-order valence-electron chi connectivity index (χ2n) is 10.8. The number of hydrogen-bond donors (Lipinski definition) is 0. The van der Waals surface area contributed by atoms with Gasteiger partial charge in [0, 0.05) is 32.7 Å². The highest BCUT2D eigenvalue weighted by Gasteiger charge is 2.43. The van der Waals surface area contributed by atoms with Crippen LogP contribution < -0.4 is 4.18 Å². The largest absolute Gasteiger partial charge is 0.439 e. The van der Waals surface area contributed by atoms with Crippen molar-refractivity contribution in [3.63, 3.8) is 0 Å². The van der Waals surface area contributed by atoms with Crippen LogP contribution >= 0.6 is 10.3 Å². The van der Waals surface area contributed by atoms with E-state index in [9.17, 15) is 0 Å². The van der Waals surface area contributed by atoms with E-state index in [2.05, 4.69) is 136 Å². The molecule has 0 aliphatic rings. The van der Waals surface area contributed by atoms with Gasteiger partial charge in [0.1, 0.15) is 5.75 Å². The summed E-state index contributed by atoms with van der Waals surface area (Å²) in [6.07, 6.45) is 2.83. The molecular formula is C38H50N2OS. The van der Waals surface area contributed by atoms with E-state index in [-0.39, 0.29) is 4.75 Å². The highest BCUT2D eigenvalue weighted by Crippen LogP contribution is 2.70. The summed E-state index contributed by atoms with van der Waals surface area (Å²) >= 11 is 0. The van der Waals surface area contributed by atoms with Crippen LogP contribution in [0.25, 0.3) is 10.8 Å². The monoisotopic (exact) mass is 582 g/mol. The van der Waals surface area contributed by atoms with Crippen molar-refractivity contribution >= 4 is 21.1 Å². The maximum absolute atomic E-state index is 7.46. The lowest BCUT2D eigenvalue weighted by molar-refractivity contribution is 0.578. The lowest BCUT2D eigenvalue weighted by atomic mass is 10.0. The fraction of sp³-hybridized carbons (Fsp3) is 0.342. The average molecular weight is 583 g/mol. The van der Waals surface area contributed by atoms with Crippen LogP contribution in [0.2, 0.25) is 0 Å². The summed E-state index contributed by atoms with van der Waals surface area (Å²) in [5.41, 5.74) is 3.69. The second-order valence-corrected chi connectivity index (χ2v) is 14.2. The molecule has 4 aromatic carbocycles. The van der Waals surface area contributed by atoms with Crippen LogP contribution in [0, 0.1) is 0 Å². The zero-order valence-electron chi connectivity index (χ0n) is 27.1. The Bertz CT molecular complexity index is 1480. The SMILES string of the molecule is CC.CC.CCc1cc(CCc2cc(OS(c3ccccc3)(c3ccccc3)C(C)(C)C)c3ccccc3c2)n(C)n1. The molecule has 5 rings (SSSR count). The summed E-state index contributed by atoms with van der Waals surface area (Å²) in [7, 11) is 0.127. The minimum absolute atomic E-state index is 0.155. The number of nitrogens with zero attached hydrogens (tertiary/aromatic N) is 2. The maximum atomic E-state index is 7.46. The molecule has 0 amide bonds. The quantitative estimate of drug-likeness (QED) is 0.182. The molecule has 0 fully saturated rings. The fourth-order valence-electron chi connectivity index (χ4n) is 5.22. The predicted molar refractivity (Wildman–Crippen MR) is 184 cm³/mol. The van der Waals surface area contributed by atoms with Gasteiger partial charge in [-0.2, -0.15) is 5.10 Å². The Morgan fingerprint density at radius 2 is 1.26 bits per heavy atom. The fourth-order valence-corrected chi connectivity index (χ4v) is 8.84. The van der Waals surface area contributed by atoms with Crippen molar-refractivity contribution in [2.75, 3.05) is 0 Å². The van der Waals surface area contributed by atoms with Crippen molar-refractivity contribution in [2.45, 2.75) is 89.2 Å². The van der Waals surface area contributed by atoms with Crippen LogP contribution in [0.1, 0.15) is 72.3 Å². The van der Waals surface area contributed by atoms with Crippen molar-refractivity contribution in [1.29, 1.82) is 0 Å². The van der Waals surface area contributed by atoms with Gasteiger partial charge in [0.2, 0.25) is 0 Å². The van der Waals surface area contributed by atoms with Gasteiger partial charge in [-0.3, -0.25) is 4.68 Å². The summed E-state index contributed by atoms with van der Waals surface area (Å²) in [6.45, 7) is 17.1. The van der Waals surface area contributed by atoms with Gasteiger partial charge < -0.3 is 4.18 Å². The number of hydrogen-bond acceptors (Lipinski definition) is 2. The Labute approximate surface area is 256 Å². The molecule has 3 nitrogen and oxygen atoms in total. The molecule has 0 saturated carbocycles. The molecule has 0 atom stereocenters. The normalized spacial score (nSPS) is 11.6. The van der Waals surface area contributed by atoms with Gasteiger partial charge in [0.15, 0.2) is 0 Å². The smallest absolute Gasteiger partial charge is 0.143 e. The van der Waals surface area contributed by atoms with E-state index >= 15 is 0 Å². The number of aromatic nitrogens is 2. The molecule has 0 bridgehead atoms. The predicted octanol–water partition coefficient (Wildman–Crippen LogP) is 11.0. The topological polar surface area (TPSA) is 27.1 Å². The minimum atomic E-state index is -1.92. The number of benzene rings is 4. The molecule has 4 heteroatoms. The van der Waals surface area contributed by atoms with E-state index < -0.39 is 10.3 Å². The van der Waals surface area contributed by atoms with E-state index in [1.807, 2.05) is 39.4 Å². The van der Waals surface area contributed by atoms with Gasteiger partial charge in [0.05, 0.1) is 5.69 Å². The summed E-state index contributed by atoms with van der Waals surface area (Å²) in [6, 6.07) is 37.0. The third-order valence-corrected chi connectivity index (χ3v) is 11.2. The lowest BCUT2D eigenvalue weighted by Gasteiger charge is -2.50. The Balaban J connectivity index is 0.00000116. The Morgan fingerprint density at radius 3 is 1.79 bits per heavy atom. The summed E-state index contributed by atoms with van der Waals surface area (Å²) in [5.74, 6) is 0.954. The average Bonchev–Trinajstić information content (AvgIpc) is 3.40. The molecule has 0 aliphatic carbocycles. The molecule has 224 valence electrons. The first-order chi connectivity index (χ1) is 20.3. The van der Waals surface area contributed by atoms with Gasteiger partial charge in [-0.05, 0) is 97.7 Å². The van der Waals surface area contributed by atoms with E-state index in [0.29, 0.717) is 0 Å².